The van der Waals surface area contributed by atoms with E-state index in [1.54, 1.807) is 4.90 Å². The summed E-state index contributed by atoms with van der Waals surface area (Å²) in [6.45, 7) is 2.40. The number of carbonyl (C=O) groups excluding carboxylic acids is 1. The molecule has 1 aliphatic rings. The number of anilines is 1. The third kappa shape index (κ3) is 2.23. The molecule has 0 aromatic heterocycles. The second-order valence-corrected chi connectivity index (χ2v) is 3.96. The predicted octanol–water partition coefficient (Wildman–Crippen LogP) is 0.719. The van der Waals surface area contributed by atoms with Gasteiger partial charge in [-0.15, -0.1) is 0 Å². The summed E-state index contributed by atoms with van der Waals surface area (Å²) in [5, 5.41) is 9.02. The van der Waals surface area contributed by atoms with Crippen LogP contribution in [0.1, 0.15) is 5.56 Å². The van der Waals surface area contributed by atoms with Crippen molar-refractivity contribution in [1.29, 1.82) is 0 Å². The summed E-state index contributed by atoms with van der Waals surface area (Å²) in [6.07, 6.45) is -0.279. The standard InChI is InChI=1S/C12H15NO3/c1-9-2-4-10(5-3-9)13-6-11(7-14)16-8-12(13)15/h2-5,11,14H,6-8H2,1H3. The molecule has 0 radical (unpaired) electrons. The fourth-order valence-electron chi connectivity index (χ4n) is 1.71. The number of carbonyl (C=O) groups is 1. The van der Waals surface area contributed by atoms with Crippen molar-refractivity contribution >= 4 is 11.6 Å². The maximum atomic E-state index is 11.7. The van der Waals surface area contributed by atoms with Crippen LogP contribution in [-0.2, 0) is 9.53 Å². The van der Waals surface area contributed by atoms with E-state index in [4.69, 9.17) is 9.84 Å². The number of rotatable bonds is 2. The lowest BCUT2D eigenvalue weighted by atomic mass is 10.2. The average Bonchev–Trinajstić information content (AvgIpc) is 2.31. The zero-order chi connectivity index (χ0) is 11.5. The van der Waals surface area contributed by atoms with Crippen LogP contribution in [0.2, 0.25) is 0 Å². The number of aryl methyl sites for hydroxylation is 1. The van der Waals surface area contributed by atoms with Gasteiger partial charge in [-0.3, -0.25) is 4.79 Å². The van der Waals surface area contributed by atoms with E-state index in [1.165, 1.54) is 0 Å². The Balaban J connectivity index is 2.17. The van der Waals surface area contributed by atoms with Gasteiger partial charge >= 0.3 is 0 Å². The lowest BCUT2D eigenvalue weighted by Gasteiger charge is -2.31. The highest BCUT2D eigenvalue weighted by atomic mass is 16.5. The normalized spacial score (nSPS) is 21.2. The molecule has 1 unspecified atom stereocenters. The number of ether oxygens (including phenoxy) is 1. The minimum absolute atomic E-state index is 0.0408. The molecule has 2 rings (SSSR count). The van der Waals surface area contributed by atoms with Crippen LogP contribution in [-0.4, -0.2) is 36.9 Å². The van der Waals surface area contributed by atoms with Gasteiger partial charge in [-0.2, -0.15) is 0 Å². The van der Waals surface area contributed by atoms with Crippen LogP contribution in [0.3, 0.4) is 0 Å². The first kappa shape index (κ1) is 11.1. The van der Waals surface area contributed by atoms with Crippen LogP contribution in [0.4, 0.5) is 5.69 Å². The van der Waals surface area contributed by atoms with Gasteiger partial charge in [0, 0.05) is 5.69 Å². The van der Waals surface area contributed by atoms with Crippen molar-refractivity contribution in [3.63, 3.8) is 0 Å². The van der Waals surface area contributed by atoms with E-state index in [-0.39, 0.29) is 25.2 Å². The molecule has 86 valence electrons. The summed E-state index contributed by atoms with van der Waals surface area (Å²) in [6, 6.07) is 7.75. The molecule has 1 atom stereocenters. The molecule has 1 aromatic carbocycles. The van der Waals surface area contributed by atoms with Crippen molar-refractivity contribution in [2.45, 2.75) is 13.0 Å². The SMILES string of the molecule is Cc1ccc(N2CC(CO)OCC2=O)cc1. The molecule has 1 aromatic rings. The summed E-state index contributed by atoms with van der Waals surface area (Å²) in [5.41, 5.74) is 2.01. The minimum Gasteiger partial charge on any atom is -0.394 e. The van der Waals surface area contributed by atoms with E-state index in [0.717, 1.165) is 11.3 Å². The number of amides is 1. The molecule has 0 bridgehead atoms. The molecule has 4 heteroatoms. The Morgan fingerprint density at radius 1 is 1.44 bits per heavy atom. The van der Waals surface area contributed by atoms with E-state index in [1.807, 2.05) is 31.2 Å². The molecule has 0 aliphatic carbocycles. The summed E-state index contributed by atoms with van der Waals surface area (Å²) < 4.78 is 5.17. The van der Waals surface area contributed by atoms with Crippen molar-refractivity contribution in [1.82, 2.24) is 0 Å². The maximum Gasteiger partial charge on any atom is 0.253 e. The largest absolute Gasteiger partial charge is 0.394 e. The third-order valence-corrected chi connectivity index (χ3v) is 2.68. The number of benzene rings is 1. The summed E-state index contributed by atoms with van der Waals surface area (Å²) >= 11 is 0. The van der Waals surface area contributed by atoms with Crippen LogP contribution in [0.25, 0.3) is 0 Å². The van der Waals surface area contributed by atoms with E-state index in [0.29, 0.717) is 6.54 Å². The van der Waals surface area contributed by atoms with Gasteiger partial charge in [0.15, 0.2) is 0 Å². The van der Waals surface area contributed by atoms with Crippen molar-refractivity contribution in [3.8, 4) is 0 Å². The molecule has 4 nitrogen and oxygen atoms in total. The fraction of sp³-hybridized carbons (Fsp3) is 0.417. The van der Waals surface area contributed by atoms with E-state index < -0.39 is 0 Å². The van der Waals surface area contributed by atoms with Gasteiger partial charge in [0.1, 0.15) is 6.61 Å². The fourth-order valence-corrected chi connectivity index (χ4v) is 1.71. The maximum absolute atomic E-state index is 11.7. The van der Waals surface area contributed by atoms with Crippen LogP contribution in [0, 0.1) is 6.92 Å². The Morgan fingerprint density at radius 3 is 2.75 bits per heavy atom. The van der Waals surface area contributed by atoms with Gasteiger partial charge in [0.2, 0.25) is 0 Å². The molecular weight excluding hydrogens is 206 g/mol. The Labute approximate surface area is 94.4 Å². The molecule has 1 fully saturated rings. The first-order valence-electron chi connectivity index (χ1n) is 5.30. The predicted molar refractivity (Wildman–Crippen MR) is 60.4 cm³/mol. The van der Waals surface area contributed by atoms with Gasteiger partial charge < -0.3 is 14.7 Å². The van der Waals surface area contributed by atoms with Gasteiger partial charge in [-0.1, -0.05) is 17.7 Å². The van der Waals surface area contributed by atoms with Gasteiger partial charge in [-0.05, 0) is 19.1 Å². The highest BCUT2D eigenvalue weighted by molar-refractivity contribution is 5.94. The number of aliphatic hydroxyl groups is 1. The Bertz CT molecular complexity index is 374. The second kappa shape index (κ2) is 4.63. The third-order valence-electron chi connectivity index (χ3n) is 2.68. The molecular formula is C12H15NO3. The van der Waals surface area contributed by atoms with Crippen LogP contribution >= 0.6 is 0 Å². The highest BCUT2D eigenvalue weighted by Gasteiger charge is 2.26. The molecule has 1 aliphatic heterocycles. The topological polar surface area (TPSA) is 49.8 Å². The van der Waals surface area contributed by atoms with Crippen LogP contribution < -0.4 is 4.90 Å². The smallest absolute Gasteiger partial charge is 0.253 e. The van der Waals surface area contributed by atoms with Crippen LogP contribution in [0.5, 0.6) is 0 Å². The number of aliphatic hydroxyl groups excluding tert-OH is 1. The summed E-state index contributed by atoms with van der Waals surface area (Å²) in [7, 11) is 0. The number of nitrogens with zero attached hydrogens (tertiary/aromatic N) is 1. The minimum atomic E-state index is -0.279. The molecule has 1 N–H and O–H groups in total. The zero-order valence-corrected chi connectivity index (χ0v) is 9.22. The molecule has 1 saturated heterocycles. The van der Waals surface area contributed by atoms with E-state index in [9.17, 15) is 4.79 Å². The molecule has 1 heterocycles. The first-order valence-corrected chi connectivity index (χ1v) is 5.30. The molecule has 16 heavy (non-hydrogen) atoms. The summed E-state index contributed by atoms with van der Waals surface area (Å²) in [4.78, 5) is 13.3. The highest BCUT2D eigenvalue weighted by Crippen LogP contribution is 2.18. The van der Waals surface area contributed by atoms with Gasteiger partial charge in [0.25, 0.3) is 5.91 Å². The Kier molecular flexibility index (Phi) is 3.22. The Morgan fingerprint density at radius 2 is 2.12 bits per heavy atom. The van der Waals surface area contributed by atoms with Crippen molar-refractivity contribution < 1.29 is 14.6 Å². The number of hydrogen-bond donors (Lipinski definition) is 1. The van der Waals surface area contributed by atoms with Crippen molar-refractivity contribution in [2.24, 2.45) is 0 Å². The lowest BCUT2D eigenvalue weighted by molar-refractivity contribution is -0.130. The van der Waals surface area contributed by atoms with E-state index in [2.05, 4.69) is 0 Å². The quantitative estimate of drug-likeness (QED) is 0.800. The average molecular weight is 221 g/mol. The Hall–Kier alpha value is -1.39. The molecule has 0 saturated carbocycles. The van der Waals surface area contributed by atoms with E-state index >= 15 is 0 Å². The van der Waals surface area contributed by atoms with Gasteiger partial charge in [0.05, 0.1) is 19.3 Å². The van der Waals surface area contributed by atoms with Crippen molar-refractivity contribution in [2.75, 3.05) is 24.7 Å². The van der Waals surface area contributed by atoms with Crippen LogP contribution in [0.15, 0.2) is 24.3 Å². The molecule has 1 amide bonds. The van der Waals surface area contributed by atoms with Crippen molar-refractivity contribution in [3.05, 3.63) is 29.8 Å². The zero-order valence-electron chi connectivity index (χ0n) is 9.22. The van der Waals surface area contributed by atoms with Gasteiger partial charge in [-0.25, -0.2) is 0 Å². The lowest BCUT2D eigenvalue weighted by Crippen LogP contribution is -2.48. The summed E-state index contributed by atoms with van der Waals surface area (Å²) in [5.74, 6) is -0.0615. The molecule has 0 spiro atoms. The number of morpholine rings is 1. The monoisotopic (exact) mass is 221 g/mol. The second-order valence-electron chi connectivity index (χ2n) is 3.96. The first-order chi connectivity index (χ1) is 7.70. The number of hydrogen-bond acceptors (Lipinski definition) is 3.